The van der Waals surface area contributed by atoms with Gasteiger partial charge in [0, 0.05) is 18.3 Å². The van der Waals surface area contributed by atoms with Crippen LogP contribution in [0.15, 0.2) is 24.3 Å². The van der Waals surface area contributed by atoms with Crippen LogP contribution in [-0.2, 0) is 0 Å². The van der Waals surface area contributed by atoms with E-state index in [2.05, 4.69) is 11.2 Å². The second kappa shape index (κ2) is 6.74. The highest BCUT2D eigenvalue weighted by molar-refractivity contribution is 5.48. The zero-order valence-corrected chi connectivity index (χ0v) is 8.70. The molecule has 0 saturated heterocycles. The summed E-state index contributed by atoms with van der Waals surface area (Å²) >= 11 is 0. The lowest BCUT2D eigenvalue weighted by molar-refractivity contribution is 0.370. The third-order valence-electron chi connectivity index (χ3n) is 1.87. The molecule has 0 aliphatic rings. The first-order chi connectivity index (χ1) is 7.36. The molecule has 1 aromatic rings. The van der Waals surface area contributed by atoms with E-state index in [1.54, 1.807) is 0 Å². The van der Waals surface area contributed by atoms with Gasteiger partial charge in [-0.25, -0.2) is 0 Å². The molecule has 0 fully saturated rings. The molecule has 0 aliphatic carbocycles. The van der Waals surface area contributed by atoms with E-state index >= 15 is 0 Å². The minimum Gasteiger partial charge on any atom is -0.481 e. The van der Waals surface area contributed by atoms with Crippen LogP contribution in [0.4, 0.5) is 5.69 Å². The smallest absolute Gasteiger partial charge is 0.148 e. The van der Waals surface area contributed by atoms with Gasteiger partial charge < -0.3 is 15.8 Å². The minimum absolute atomic E-state index is 0.298. The topological polar surface area (TPSA) is 47.3 Å². The molecular weight excluding hydrogens is 188 g/mol. The van der Waals surface area contributed by atoms with Gasteiger partial charge >= 0.3 is 0 Å². The Morgan fingerprint density at radius 3 is 3.07 bits per heavy atom. The molecule has 0 unspecified atom stereocenters. The summed E-state index contributed by atoms with van der Waals surface area (Å²) in [4.78, 5) is 0. The summed E-state index contributed by atoms with van der Waals surface area (Å²) in [6.07, 6.45) is 6.06. The molecule has 0 aliphatic heterocycles. The molecule has 0 aromatic heterocycles. The number of terminal acetylenes is 1. The van der Waals surface area contributed by atoms with E-state index in [-0.39, 0.29) is 0 Å². The van der Waals surface area contributed by atoms with E-state index in [0.29, 0.717) is 13.2 Å². The van der Waals surface area contributed by atoms with Crippen LogP contribution in [0.25, 0.3) is 0 Å². The minimum atomic E-state index is 0.298. The molecule has 3 nitrogen and oxygen atoms in total. The van der Waals surface area contributed by atoms with Crippen LogP contribution in [0, 0.1) is 12.3 Å². The molecule has 80 valence electrons. The molecule has 0 saturated carbocycles. The van der Waals surface area contributed by atoms with Gasteiger partial charge in [0.2, 0.25) is 0 Å². The number of benzene rings is 1. The third-order valence-corrected chi connectivity index (χ3v) is 1.87. The average Bonchev–Trinajstić information content (AvgIpc) is 2.27. The van der Waals surface area contributed by atoms with Crippen LogP contribution in [0.2, 0.25) is 0 Å². The zero-order valence-electron chi connectivity index (χ0n) is 8.70. The van der Waals surface area contributed by atoms with Gasteiger partial charge in [-0.15, -0.1) is 6.42 Å². The number of hydrogen-bond donors (Lipinski definition) is 2. The number of nitrogens with one attached hydrogen (secondary N) is 1. The second-order valence-electron chi connectivity index (χ2n) is 3.09. The van der Waals surface area contributed by atoms with Gasteiger partial charge in [-0.2, -0.15) is 0 Å². The number of nitrogens with two attached hydrogens (primary N) is 1. The maximum atomic E-state index is 5.40. The fourth-order valence-corrected chi connectivity index (χ4v) is 1.16. The summed E-state index contributed by atoms with van der Waals surface area (Å²) in [6.45, 7) is 1.86. The Morgan fingerprint density at radius 2 is 2.33 bits per heavy atom. The Hall–Kier alpha value is -1.66. The molecule has 1 rings (SSSR count). The monoisotopic (exact) mass is 204 g/mol. The van der Waals surface area contributed by atoms with E-state index in [1.165, 1.54) is 0 Å². The normalized spacial score (nSPS) is 9.33. The molecule has 0 spiro atoms. The van der Waals surface area contributed by atoms with Crippen LogP contribution in [0.1, 0.15) is 6.42 Å². The molecule has 3 N–H and O–H groups in total. The number of rotatable bonds is 6. The first kappa shape index (κ1) is 11.4. The van der Waals surface area contributed by atoms with Crippen molar-refractivity contribution in [2.24, 2.45) is 5.73 Å². The van der Waals surface area contributed by atoms with Crippen LogP contribution in [0.5, 0.6) is 5.75 Å². The molecule has 15 heavy (non-hydrogen) atoms. The van der Waals surface area contributed by atoms with Gasteiger partial charge in [0.25, 0.3) is 0 Å². The molecular formula is C12H16N2O. The SMILES string of the molecule is C#CCOc1cccc(NCCCN)c1. The lowest BCUT2D eigenvalue weighted by atomic mass is 10.3. The largest absolute Gasteiger partial charge is 0.481 e. The Morgan fingerprint density at radius 1 is 1.47 bits per heavy atom. The van der Waals surface area contributed by atoms with Gasteiger partial charge in [-0.1, -0.05) is 12.0 Å². The summed E-state index contributed by atoms with van der Waals surface area (Å²) < 4.78 is 5.30. The van der Waals surface area contributed by atoms with Crippen molar-refractivity contribution in [3.8, 4) is 18.1 Å². The Labute approximate surface area is 90.6 Å². The molecule has 0 amide bonds. The van der Waals surface area contributed by atoms with Crippen molar-refractivity contribution in [3.63, 3.8) is 0 Å². The Bertz CT molecular complexity index is 331. The van der Waals surface area contributed by atoms with Gasteiger partial charge in [-0.3, -0.25) is 0 Å². The molecule has 0 bridgehead atoms. The van der Waals surface area contributed by atoms with Crippen molar-refractivity contribution in [1.82, 2.24) is 0 Å². The van der Waals surface area contributed by atoms with E-state index in [0.717, 1.165) is 24.4 Å². The number of ether oxygens (including phenoxy) is 1. The summed E-state index contributed by atoms with van der Waals surface area (Å²) in [6, 6.07) is 7.72. The highest BCUT2D eigenvalue weighted by Crippen LogP contribution is 2.16. The van der Waals surface area contributed by atoms with E-state index < -0.39 is 0 Å². The van der Waals surface area contributed by atoms with E-state index in [1.807, 2.05) is 24.3 Å². The Kier molecular flexibility index (Phi) is 5.13. The summed E-state index contributed by atoms with van der Waals surface area (Å²) in [7, 11) is 0. The lowest BCUT2D eigenvalue weighted by Crippen LogP contribution is -2.08. The first-order valence-corrected chi connectivity index (χ1v) is 4.97. The van der Waals surface area contributed by atoms with Crippen LogP contribution >= 0.6 is 0 Å². The number of hydrogen-bond acceptors (Lipinski definition) is 3. The average molecular weight is 204 g/mol. The van der Waals surface area contributed by atoms with Gasteiger partial charge in [0.05, 0.1) is 0 Å². The molecule has 0 heterocycles. The van der Waals surface area contributed by atoms with E-state index in [4.69, 9.17) is 16.9 Å². The van der Waals surface area contributed by atoms with Crippen molar-refractivity contribution in [1.29, 1.82) is 0 Å². The first-order valence-electron chi connectivity index (χ1n) is 4.97. The van der Waals surface area contributed by atoms with Crippen LogP contribution in [0.3, 0.4) is 0 Å². The predicted molar refractivity (Wildman–Crippen MR) is 62.9 cm³/mol. The van der Waals surface area contributed by atoms with Gasteiger partial charge in [0.15, 0.2) is 0 Å². The summed E-state index contributed by atoms with van der Waals surface area (Å²) in [5.74, 6) is 3.21. The Balaban J connectivity index is 2.47. The predicted octanol–water partition coefficient (Wildman–Crippen LogP) is 1.46. The third kappa shape index (κ3) is 4.39. The fourth-order valence-electron chi connectivity index (χ4n) is 1.16. The van der Waals surface area contributed by atoms with Crippen LogP contribution < -0.4 is 15.8 Å². The maximum absolute atomic E-state index is 5.40. The molecule has 0 radical (unpaired) electrons. The summed E-state index contributed by atoms with van der Waals surface area (Å²) in [5.41, 5.74) is 6.43. The maximum Gasteiger partial charge on any atom is 0.148 e. The van der Waals surface area contributed by atoms with Crippen molar-refractivity contribution < 1.29 is 4.74 Å². The quantitative estimate of drug-likeness (QED) is 0.545. The van der Waals surface area contributed by atoms with E-state index in [9.17, 15) is 0 Å². The summed E-state index contributed by atoms with van der Waals surface area (Å²) in [5, 5.41) is 3.25. The molecule has 1 aromatic carbocycles. The zero-order chi connectivity index (χ0) is 10.9. The van der Waals surface area contributed by atoms with Crippen molar-refractivity contribution in [3.05, 3.63) is 24.3 Å². The fraction of sp³-hybridized carbons (Fsp3) is 0.333. The van der Waals surface area contributed by atoms with Crippen molar-refractivity contribution in [2.75, 3.05) is 25.0 Å². The van der Waals surface area contributed by atoms with Gasteiger partial charge in [0.1, 0.15) is 12.4 Å². The highest BCUT2D eigenvalue weighted by Gasteiger charge is 1.95. The second-order valence-corrected chi connectivity index (χ2v) is 3.09. The van der Waals surface area contributed by atoms with Gasteiger partial charge in [-0.05, 0) is 25.1 Å². The lowest BCUT2D eigenvalue weighted by Gasteiger charge is -2.07. The van der Waals surface area contributed by atoms with Crippen molar-refractivity contribution in [2.45, 2.75) is 6.42 Å². The van der Waals surface area contributed by atoms with Crippen LogP contribution in [-0.4, -0.2) is 19.7 Å². The van der Waals surface area contributed by atoms with Crippen molar-refractivity contribution >= 4 is 5.69 Å². The standard InChI is InChI=1S/C12H16N2O/c1-2-9-15-12-6-3-5-11(10-12)14-8-4-7-13/h1,3,5-6,10,14H,4,7-9,13H2. The molecule has 0 atom stereocenters. The number of anilines is 1. The molecule has 3 heteroatoms. The highest BCUT2D eigenvalue weighted by atomic mass is 16.5.